The Bertz CT molecular complexity index is 2160. The van der Waals surface area contributed by atoms with Crippen LogP contribution in [0.15, 0.2) is 72.8 Å². The molecule has 1 aliphatic heterocycles. The van der Waals surface area contributed by atoms with Gasteiger partial charge in [-0.2, -0.15) is 0 Å². The zero-order valence-corrected chi connectivity index (χ0v) is 40.0. The number of benzene rings is 3. The van der Waals surface area contributed by atoms with Gasteiger partial charge in [-0.3, -0.25) is 0 Å². The molecule has 1 saturated heterocycles. The Labute approximate surface area is 397 Å². The molecule has 2 fully saturated rings. The molecule has 16 heteroatoms. The zero-order chi connectivity index (χ0) is 49.3. The van der Waals surface area contributed by atoms with Gasteiger partial charge in [0.25, 0.3) is 0 Å². The molecule has 1 unspecified atom stereocenters. The summed E-state index contributed by atoms with van der Waals surface area (Å²) < 4.78 is 69.7. The van der Waals surface area contributed by atoms with E-state index in [2.05, 4.69) is 13.5 Å². The van der Waals surface area contributed by atoms with Crippen LogP contribution in [0.1, 0.15) is 90.5 Å². The lowest BCUT2D eigenvalue weighted by atomic mass is 9.77. The third-order valence-corrected chi connectivity index (χ3v) is 11.9. The molecule has 1 aliphatic carbocycles. The number of hydrogen-bond donors (Lipinski definition) is 0. The van der Waals surface area contributed by atoms with Crippen LogP contribution in [-0.4, -0.2) is 109 Å². The second kappa shape index (κ2) is 25.6. The van der Waals surface area contributed by atoms with Gasteiger partial charge >= 0.3 is 29.8 Å². The molecule has 0 N–H and O–H groups in total. The van der Waals surface area contributed by atoms with E-state index in [0.29, 0.717) is 33.9 Å². The Balaban J connectivity index is 1.36. The fourth-order valence-electron chi connectivity index (χ4n) is 7.74. The summed E-state index contributed by atoms with van der Waals surface area (Å²) >= 11 is 0. The molecular formula is C52H65FO15. The molecule has 0 spiro atoms. The van der Waals surface area contributed by atoms with E-state index in [1.54, 1.807) is 68.4 Å². The van der Waals surface area contributed by atoms with E-state index in [9.17, 15) is 24.0 Å². The summed E-state index contributed by atoms with van der Waals surface area (Å²) in [6.07, 6.45) is 8.75. The number of esters is 5. The standard InChI is InChI=1S/C52H65FO15/c1-8-9-10-11-35-12-14-36(15-13-35)38-18-22-41(43(53)28-38)39-19-23-42(44(29-39)67-45(54)34(2)3)37-16-20-40(21-17-37)63-30-52(33-66-50-51(4,5)68-50,31-64-48(57)46(55)61-26-24-59-6)32-65-49(58)47(56)62-27-25-60-7/h16-23,28-29,35-36,50H,2,8-15,24-27,30-33H2,1,3-7H3. The quantitative estimate of drug-likeness (QED) is 0.0150. The Kier molecular flexibility index (Phi) is 20.1. The molecule has 1 saturated carbocycles. The summed E-state index contributed by atoms with van der Waals surface area (Å²) in [7, 11) is 2.79. The van der Waals surface area contributed by atoms with Crippen molar-refractivity contribution >= 4 is 29.8 Å². The highest BCUT2D eigenvalue weighted by Gasteiger charge is 2.51. The smallest absolute Gasteiger partial charge is 0.417 e. The van der Waals surface area contributed by atoms with Crippen LogP contribution in [-0.2, 0) is 61.9 Å². The van der Waals surface area contributed by atoms with Crippen molar-refractivity contribution in [2.75, 3.05) is 67.1 Å². The third kappa shape index (κ3) is 15.7. The average molecular weight is 949 g/mol. The van der Waals surface area contributed by atoms with Gasteiger partial charge in [0.15, 0.2) is 6.29 Å². The van der Waals surface area contributed by atoms with Crippen LogP contribution in [0.5, 0.6) is 11.5 Å². The first-order valence-electron chi connectivity index (χ1n) is 23.1. The molecule has 3 aromatic rings. The minimum Gasteiger partial charge on any atom is -0.493 e. The summed E-state index contributed by atoms with van der Waals surface area (Å²) in [5, 5.41) is 0. The van der Waals surface area contributed by atoms with Gasteiger partial charge in [-0.15, -0.1) is 0 Å². The van der Waals surface area contributed by atoms with Crippen LogP contribution >= 0.6 is 0 Å². The van der Waals surface area contributed by atoms with Gasteiger partial charge < -0.3 is 47.4 Å². The maximum absolute atomic E-state index is 16.0. The minimum absolute atomic E-state index is 0.0394. The number of rotatable bonds is 25. The average Bonchev–Trinajstić information content (AvgIpc) is 3.96. The SMILES string of the molecule is C=C(C)C(=O)Oc1cc(-c2ccc(C3CCC(CCCCC)CC3)cc2F)ccc1-c1ccc(OCC(COC(=O)C(=O)OCCOC)(COC(=O)C(=O)OCCOC)COC2OC2(C)C)cc1. The Morgan fingerprint density at radius 2 is 1.28 bits per heavy atom. The molecule has 3 aromatic carbocycles. The van der Waals surface area contributed by atoms with Crippen LogP contribution in [0, 0.1) is 17.2 Å². The Hall–Kier alpha value is -5.68. The highest BCUT2D eigenvalue weighted by Crippen LogP contribution is 2.41. The van der Waals surface area contributed by atoms with E-state index in [1.165, 1.54) is 46.8 Å². The lowest BCUT2D eigenvalue weighted by Gasteiger charge is -2.32. The minimum atomic E-state index is -1.54. The second-order valence-corrected chi connectivity index (χ2v) is 17.9. The molecule has 1 atom stereocenters. The van der Waals surface area contributed by atoms with E-state index in [0.717, 1.165) is 37.2 Å². The van der Waals surface area contributed by atoms with Gasteiger partial charge in [-0.25, -0.2) is 28.4 Å². The van der Waals surface area contributed by atoms with Crippen LogP contribution in [0.25, 0.3) is 22.3 Å². The van der Waals surface area contributed by atoms with Crippen molar-refractivity contribution in [3.05, 3.63) is 84.2 Å². The van der Waals surface area contributed by atoms with E-state index in [4.69, 9.17) is 47.4 Å². The van der Waals surface area contributed by atoms with Gasteiger partial charge in [0.1, 0.15) is 56.0 Å². The third-order valence-electron chi connectivity index (χ3n) is 11.9. The van der Waals surface area contributed by atoms with Crippen molar-refractivity contribution < 1.29 is 75.7 Å². The summed E-state index contributed by atoms with van der Waals surface area (Å²) in [6.45, 7) is 8.87. The molecular weight excluding hydrogens is 884 g/mol. The Morgan fingerprint density at radius 3 is 1.82 bits per heavy atom. The molecule has 0 radical (unpaired) electrons. The van der Waals surface area contributed by atoms with Crippen molar-refractivity contribution in [3.8, 4) is 33.8 Å². The van der Waals surface area contributed by atoms with Gasteiger partial charge in [0.05, 0.1) is 25.2 Å². The molecule has 15 nitrogen and oxygen atoms in total. The van der Waals surface area contributed by atoms with Crippen molar-refractivity contribution in [2.24, 2.45) is 11.3 Å². The van der Waals surface area contributed by atoms with Gasteiger partial charge in [-0.1, -0.05) is 75.6 Å². The number of unbranched alkanes of at least 4 members (excludes halogenated alkanes) is 2. The van der Waals surface area contributed by atoms with Gasteiger partial charge in [-0.05, 0) is 99.2 Å². The van der Waals surface area contributed by atoms with E-state index in [-0.39, 0.29) is 56.8 Å². The molecule has 1 heterocycles. The van der Waals surface area contributed by atoms with Crippen molar-refractivity contribution in [2.45, 2.75) is 96.9 Å². The molecule has 2 aliphatic rings. The molecule has 0 amide bonds. The maximum atomic E-state index is 16.0. The van der Waals surface area contributed by atoms with Crippen molar-refractivity contribution in [1.82, 2.24) is 0 Å². The van der Waals surface area contributed by atoms with Gasteiger partial charge in [0, 0.05) is 30.9 Å². The number of methoxy groups -OCH3 is 2. The molecule has 5 rings (SSSR count). The largest absolute Gasteiger partial charge is 0.493 e. The monoisotopic (exact) mass is 948 g/mol. The first-order chi connectivity index (χ1) is 32.6. The lowest BCUT2D eigenvalue weighted by molar-refractivity contribution is -0.179. The van der Waals surface area contributed by atoms with Crippen molar-refractivity contribution in [1.29, 1.82) is 0 Å². The first kappa shape index (κ1) is 53.3. The van der Waals surface area contributed by atoms with Crippen LogP contribution in [0.2, 0.25) is 0 Å². The number of carbonyl (C=O) groups excluding carboxylic acids is 5. The fourth-order valence-corrected chi connectivity index (χ4v) is 7.74. The van der Waals surface area contributed by atoms with E-state index >= 15 is 4.39 Å². The van der Waals surface area contributed by atoms with Crippen LogP contribution < -0.4 is 9.47 Å². The van der Waals surface area contributed by atoms with E-state index in [1.807, 2.05) is 6.07 Å². The van der Waals surface area contributed by atoms with Crippen LogP contribution in [0.4, 0.5) is 4.39 Å². The summed E-state index contributed by atoms with van der Waals surface area (Å²) in [5.74, 6) is -4.75. The van der Waals surface area contributed by atoms with Crippen molar-refractivity contribution in [3.63, 3.8) is 0 Å². The predicted octanol–water partition coefficient (Wildman–Crippen LogP) is 8.48. The molecule has 370 valence electrons. The van der Waals surface area contributed by atoms with Gasteiger partial charge in [0.2, 0.25) is 0 Å². The summed E-state index contributed by atoms with van der Waals surface area (Å²) in [5.41, 5.74) is 1.01. The van der Waals surface area contributed by atoms with Crippen LogP contribution in [0.3, 0.4) is 0 Å². The number of carbonyl (C=O) groups is 5. The number of epoxide rings is 1. The zero-order valence-electron chi connectivity index (χ0n) is 40.0. The fraction of sp³-hybridized carbons (Fsp3) is 0.519. The normalized spacial score (nSPS) is 17.4. The highest BCUT2D eigenvalue weighted by molar-refractivity contribution is 6.30. The lowest BCUT2D eigenvalue weighted by Crippen LogP contribution is -2.45. The summed E-state index contributed by atoms with van der Waals surface area (Å²) in [4.78, 5) is 63.2. The maximum Gasteiger partial charge on any atom is 0.417 e. The Morgan fingerprint density at radius 1 is 0.706 bits per heavy atom. The highest BCUT2D eigenvalue weighted by atomic mass is 19.1. The first-order valence-corrected chi connectivity index (χ1v) is 23.1. The molecule has 0 bridgehead atoms. The predicted molar refractivity (Wildman–Crippen MR) is 247 cm³/mol. The molecule has 68 heavy (non-hydrogen) atoms. The second-order valence-electron chi connectivity index (χ2n) is 17.9. The molecule has 0 aromatic heterocycles. The number of hydrogen-bond acceptors (Lipinski definition) is 15. The number of halogens is 1. The topological polar surface area (TPSA) is 181 Å². The number of ether oxygens (including phenoxy) is 10. The summed E-state index contributed by atoms with van der Waals surface area (Å²) in [6, 6.07) is 17.2. The van der Waals surface area contributed by atoms with E-state index < -0.39 is 60.4 Å².